The fraction of sp³-hybridized carbons (Fsp3) is 0.556. The molecule has 24 heavy (non-hydrogen) atoms. The molecular formula is C18H27NO5. The molecule has 0 aromatic heterocycles. The summed E-state index contributed by atoms with van der Waals surface area (Å²) in [6.07, 6.45) is -0.537. The van der Waals surface area contributed by atoms with Gasteiger partial charge in [0.25, 0.3) is 0 Å². The van der Waals surface area contributed by atoms with Crippen LogP contribution in [0.4, 0.5) is 4.79 Å². The van der Waals surface area contributed by atoms with E-state index in [4.69, 9.17) is 14.2 Å². The maximum Gasteiger partial charge on any atom is 0.407 e. The molecule has 0 spiro atoms. The first-order valence-electron chi connectivity index (χ1n) is 7.86. The van der Waals surface area contributed by atoms with E-state index in [1.165, 1.54) is 0 Å². The normalized spacial score (nSPS) is 11.7. The highest BCUT2D eigenvalue weighted by Crippen LogP contribution is 2.08. The van der Waals surface area contributed by atoms with E-state index in [1.54, 1.807) is 34.6 Å². The molecule has 0 aliphatic carbocycles. The van der Waals surface area contributed by atoms with Crippen LogP contribution in [0.3, 0.4) is 0 Å². The summed E-state index contributed by atoms with van der Waals surface area (Å²) in [4.78, 5) is 23.4. The second kappa shape index (κ2) is 8.68. The Morgan fingerprint density at radius 2 is 1.67 bits per heavy atom. The molecule has 0 bridgehead atoms. The average Bonchev–Trinajstić information content (AvgIpc) is 2.43. The van der Waals surface area contributed by atoms with Gasteiger partial charge in [0.1, 0.15) is 18.8 Å². The predicted octanol–water partition coefficient (Wildman–Crippen LogP) is 3.05. The number of esters is 1. The van der Waals surface area contributed by atoms with Gasteiger partial charge in [0.05, 0.1) is 12.1 Å². The van der Waals surface area contributed by atoms with Crippen LogP contribution in [0.5, 0.6) is 0 Å². The number of amides is 1. The molecule has 0 unspecified atom stereocenters. The zero-order valence-electron chi connectivity index (χ0n) is 15.0. The lowest BCUT2D eigenvalue weighted by Crippen LogP contribution is -2.47. The van der Waals surface area contributed by atoms with Crippen LogP contribution in [-0.2, 0) is 25.6 Å². The summed E-state index contributed by atoms with van der Waals surface area (Å²) in [7, 11) is 0. The van der Waals surface area contributed by atoms with Gasteiger partial charge in [-0.1, -0.05) is 30.3 Å². The van der Waals surface area contributed by atoms with Crippen LogP contribution in [0, 0.1) is 0 Å². The molecule has 0 saturated carbocycles. The molecular weight excluding hydrogens is 310 g/mol. The molecule has 0 saturated heterocycles. The molecule has 1 rings (SSSR count). The summed E-state index contributed by atoms with van der Waals surface area (Å²) in [5.74, 6) is -0.440. The van der Waals surface area contributed by atoms with Gasteiger partial charge in [-0.15, -0.1) is 0 Å². The topological polar surface area (TPSA) is 73.9 Å². The summed E-state index contributed by atoms with van der Waals surface area (Å²) < 4.78 is 15.6. The van der Waals surface area contributed by atoms with Crippen LogP contribution in [0.2, 0.25) is 0 Å². The first kappa shape index (κ1) is 20.0. The van der Waals surface area contributed by atoms with Crippen molar-refractivity contribution in [3.05, 3.63) is 35.9 Å². The van der Waals surface area contributed by atoms with Crippen LogP contribution in [0.1, 0.15) is 40.2 Å². The summed E-state index contributed by atoms with van der Waals surface area (Å²) in [5.41, 5.74) is -0.308. The SMILES string of the molecule is CC(C)(COCC(=O)OC(C)(C)C)NC(=O)OCc1ccccc1. The monoisotopic (exact) mass is 337 g/mol. The number of benzene rings is 1. The molecule has 0 aliphatic rings. The molecule has 0 atom stereocenters. The van der Waals surface area contributed by atoms with E-state index in [0.717, 1.165) is 5.56 Å². The van der Waals surface area contributed by atoms with Crippen LogP contribution in [0.15, 0.2) is 30.3 Å². The molecule has 1 amide bonds. The minimum absolute atomic E-state index is 0.159. The lowest BCUT2D eigenvalue weighted by atomic mass is 10.1. The number of ether oxygens (including phenoxy) is 3. The number of hydrogen-bond donors (Lipinski definition) is 1. The van der Waals surface area contributed by atoms with Gasteiger partial charge in [0.2, 0.25) is 0 Å². The van der Waals surface area contributed by atoms with E-state index >= 15 is 0 Å². The van der Waals surface area contributed by atoms with Crippen LogP contribution >= 0.6 is 0 Å². The van der Waals surface area contributed by atoms with Crippen molar-refractivity contribution in [2.75, 3.05) is 13.2 Å². The summed E-state index contributed by atoms with van der Waals surface area (Å²) in [6, 6.07) is 9.41. The van der Waals surface area contributed by atoms with Gasteiger partial charge in [0, 0.05) is 0 Å². The molecule has 0 aliphatic heterocycles. The quantitative estimate of drug-likeness (QED) is 0.774. The average molecular weight is 337 g/mol. The first-order valence-corrected chi connectivity index (χ1v) is 7.86. The molecule has 134 valence electrons. The van der Waals surface area contributed by atoms with E-state index < -0.39 is 23.2 Å². The van der Waals surface area contributed by atoms with Crippen LogP contribution in [0.25, 0.3) is 0 Å². The number of alkyl carbamates (subject to hydrolysis) is 1. The Kier molecular flexibility index (Phi) is 7.22. The van der Waals surface area contributed by atoms with Crippen LogP contribution in [-0.4, -0.2) is 36.4 Å². The zero-order valence-corrected chi connectivity index (χ0v) is 15.0. The van der Waals surface area contributed by atoms with Gasteiger partial charge in [-0.2, -0.15) is 0 Å². The zero-order chi connectivity index (χ0) is 18.2. The second-order valence-electron chi connectivity index (χ2n) is 7.15. The van der Waals surface area contributed by atoms with Gasteiger partial charge in [-0.25, -0.2) is 9.59 Å². The molecule has 0 heterocycles. The fourth-order valence-corrected chi connectivity index (χ4v) is 1.83. The van der Waals surface area contributed by atoms with Crippen molar-refractivity contribution in [3.8, 4) is 0 Å². The van der Waals surface area contributed by atoms with Crippen molar-refractivity contribution in [1.29, 1.82) is 0 Å². The molecule has 6 nitrogen and oxygen atoms in total. The Labute approximate surface area is 143 Å². The Balaban J connectivity index is 2.29. The van der Waals surface area contributed by atoms with Crippen molar-refractivity contribution >= 4 is 12.1 Å². The maximum absolute atomic E-state index is 11.8. The Bertz CT molecular complexity index is 534. The Hall–Kier alpha value is -2.08. The van der Waals surface area contributed by atoms with Gasteiger partial charge >= 0.3 is 12.1 Å². The Morgan fingerprint density at radius 1 is 1.04 bits per heavy atom. The number of nitrogens with one attached hydrogen (secondary N) is 1. The summed E-state index contributed by atoms with van der Waals surface area (Å²) in [5, 5.41) is 2.71. The highest BCUT2D eigenvalue weighted by Gasteiger charge is 2.23. The third-order valence-corrected chi connectivity index (χ3v) is 2.76. The standard InChI is InChI=1S/C18H27NO5/c1-17(2,3)24-15(20)12-22-13-18(4,5)19-16(21)23-11-14-9-7-6-8-10-14/h6-10H,11-13H2,1-5H3,(H,19,21). The van der Waals surface area contributed by atoms with Gasteiger partial charge in [-0.05, 0) is 40.2 Å². The molecule has 1 aromatic carbocycles. The van der Waals surface area contributed by atoms with E-state index in [1.807, 2.05) is 30.3 Å². The van der Waals surface area contributed by atoms with Gasteiger partial charge in [-0.3, -0.25) is 0 Å². The third-order valence-electron chi connectivity index (χ3n) is 2.76. The Morgan fingerprint density at radius 3 is 2.25 bits per heavy atom. The number of rotatable bonds is 7. The molecule has 0 fully saturated rings. The van der Waals surface area contributed by atoms with Gasteiger partial charge in [0.15, 0.2) is 0 Å². The summed E-state index contributed by atoms with van der Waals surface area (Å²) >= 11 is 0. The first-order chi connectivity index (χ1) is 11.1. The van der Waals surface area contributed by atoms with Crippen molar-refractivity contribution in [2.45, 2.75) is 52.4 Å². The van der Waals surface area contributed by atoms with Crippen molar-refractivity contribution < 1.29 is 23.8 Å². The van der Waals surface area contributed by atoms with Crippen molar-refractivity contribution in [1.82, 2.24) is 5.32 Å². The van der Waals surface area contributed by atoms with Crippen molar-refractivity contribution in [3.63, 3.8) is 0 Å². The second-order valence-corrected chi connectivity index (χ2v) is 7.15. The molecule has 6 heteroatoms. The summed E-state index contributed by atoms with van der Waals surface area (Å²) in [6.45, 7) is 9.13. The lowest BCUT2D eigenvalue weighted by molar-refractivity contribution is -0.160. The molecule has 1 N–H and O–H groups in total. The largest absolute Gasteiger partial charge is 0.458 e. The van der Waals surface area contributed by atoms with E-state index in [0.29, 0.717) is 0 Å². The minimum atomic E-state index is -0.671. The van der Waals surface area contributed by atoms with E-state index in [9.17, 15) is 9.59 Å². The highest BCUT2D eigenvalue weighted by molar-refractivity contribution is 5.71. The smallest absolute Gasteiger partial charge is 0.407 e. The van der Waals surface area contributed by atoms with Gasteiger partial charge < -0.3 is 19.5 Å². The molecule has 0 radical (unpaired) electrons. The fourth-order valence-electron chi connectivity index (χ4n) is 1.83. The third kappa shape index (κ3) is 9.15. The number of hydrogen-bond acceptors (Lipinski definition) is 5. The van der Waals surface area contributed by atoms with Crippen molar-refractivity contribution in [2.24, 2.45) is 0 Å². The predicted molar refractivity (Wildman–Crippen MR) is 90.5 cm³/mol. The number of carbonyl (C=O) groups is 2. The lowest BCUT2D eigenvalue weighted by Gasteiger charge is -2.26. The number of carbonyl (C=O) groups excluding carboxylic acids is 2. The van der Waals surface area contributed by atoms with E-state index in [-0.39, 0.29) is 19.8 Å². The molecule has 1 aromatic rings. The van der Waals surface area contributed by atoms with E-state index in [2.05, 4.69) is 5.32 Å². The highest BCUT2D eigenvalue weighted by atomic mass is 16.6. The maximum atomic E-state index is 11.8. The van der Waals surface area contributed by atoms with Crippen LogP contribution < -0.4 is 5.32 Å². The minimum Gasteiger partial charge on any atom is -0.458 e.